The van der Waals surface area contributed by atoms with Gasteiger partial charge in [0.2, 0.25) is 5.91 Å². The molecule has 2 nitrogen and oxygen atoms in total. The van der Waals surface area contributed by atoms with Gasteiger partial charge in [-0.3, -0.25) is 4.79 Å². The Kier molecular flexibility index (Phi) is 4.80. The van der Waals surface area contributed by atoms with Crippen LogP contribution in [0.15, 0.2) is 46.9 Å². The summed E-state index contributed by atoms with van der Waals surface area (Å²) >= 11 is 3.31. The average molecular weight is 356 g/mol. The summed E-state index contributed by atoms with van der Waals surface area (Å²) in [5, 5.41) is 2.15. The van der Waals surface area contributed by atoms with Crippen LogP contribution >= 0.6 is 15.9 Å². The van der Waals surface area contributed by atoms with Gasteiger partial charge in [-0.15, -0.1) is 0 Å². The lowest BCUT2D eigenvalue weighted by molar-refractivity contribution is -0.111. The van der Waals surface area contributed by atoms with Crippen molar-refractivity contribution in [1.82, 2.24) is 0 Å². The molecule has 0 atom stereocenters. The second kappa shape index (κ2) is 6.58. The molecule has 0 bridgehead atoms. The topological polar surface area (TPSA) is 29.1 Å². The van der Waals surface area contributed by atoms with Crippen LogP contribution in [-0.2, 0) is 4.79 Å². The Morgan fingerprint density at radius 2 is 1.71 bits per heavy atom. The minimum absolute atomic E-state index is 0.377. The van der Waals surface area contributed by atoms with Gasteiger partial charge in [-0.2, -0.15) is 0 Å². The van der Waals surface area contributed by atoms with Gasteiger partial charge in [0.15, 0.2) is 11.6 Å². The zero-order valence-corrected chi connectivity index (χ0v) is 12.1. The normalized spacial score (nSPS) is 10.9. The van der Waals surface area contributed by atoms with E-state index < -0.39 is 29.0 Å². The van der Waals surface area contributed by atoms with E-state index in [9.17, 15) is 18.0 Å². The molecule has 0 fully saturated rings. The number of nitrogens with one attached hydrogen (secondary N) is 1. The van der Waals surface area contributed by atoms with E-state index in [1.807, 2.05) is 6.07 Å². The number of benzene rings is 2. The molecule has 0 spiro atoms. The minimum atomic E-state index is -1.31. The highest BCUT2D eigenvalue weighted by Crippen LogP contribution is 2.19. The van der Waals surface area contributed by atoms with Crippen molar-refractivity contribution in [2.75, 3.05) is 5.32 Å². The van der Waals surface area contributed by atoms with Crippen LogP contribution in [0.2, 0.25) is 0 Å². The van der Waals surface area contributed by atoms with Crippen LogP contribution in [0.3, 0.4) is 0 Å². The standard InChI is InChI=1S/C15H9BrF3NO/c16-10-4-2-1-3-9(10)5-6-15(21)20-14-8-12(18)11(17)7-13(14)19/h1-8H,(H,20,21). The molecule has 0 saturated carbocycles. The van der Waals surface area contributed by atoms with Gasteiger partial charge in [-0.25, -0.2) is 13.2 Å². The Morgan fingerprint density at radius 1 is 1.05 bits per heavy atom. The Bertz CT molecular complexity index is 716. The lowest BCUT2D eigenvalue weighted by atomic mass is 10.2. The van der Waals surface area contributed by atoms with E-state index in [0.717, 1.165) is 10.0 Å². The zero-order chi connectivity index (χ0) is 15.4. The molecule has 0 aliphatic heterocycles. The number of hydrogen-bond donors (Lipinski definition) is 1. The first kappa shape index (κ1) is 15.3. The molecule has 2 rings (SSSR count). The van der Waals surface area contributed by atoms with E-state index in [1.54, 1.807) is 18.2 Å². The van der Waals surface area contributed by atoms with E-state index in [0.29, 0.717) is 12.1 Å². The third-order valence-corrected chi connectivity index (χ3v) is 3.31. The molecule has 6 heteroatoms. The van der Waals surface area contributed by atoms with Crippen molar-refractivity contribution >= 4 is 33.6 Å². The van der Waals surface area contributed by atoms with E-state index in [2.05, 4.69) is 21.2 Å². The highest BCUT2D eigenvalue weighted by atomic mass is 79.9. The molecular formula is C15H9BrF3NO. The largest absolute Gasteiger partial charge is 0.320 e. The van der Waals surface area contributed by atoms with Crippen molar-refractivity contribution in [3.8, 4) is 0 Å². The maximum atomic E-state index is 13.4. The molecule has 1 amide bonds. The fourth-order valence-electron chi connectivity index (χ4n) is 1.57. The van der Waals surface area contributed by atoms with Gasteiger partial charge in [0.1, 0.15) is 5.82 Å². The predicted molar refractivity (Wildman–Crippen MR) is 78.1 cm³/mol. The highest BCUT2D eigenvalue weighted by molar-refractivity contribution is 9.10. The maximum Gasteiger partial charge on any atom is 0.248 e. The lowest BCUT2D eigenvalue weighted by Crippen LogP contribution is -2.10. The smallest absolute Gasteiger partial charge is 0.248 e. The highest BCUT2D eigenvalue weighted by Gasteiger charge is 2.11. The van der Waals surface area contributed by atoms with Gasteiger partial charge in [-0.1, -0.05) is 34.1 Å². The van der Waals surface area contributed by atoms with Gasteiger partial charge in [-0.05, 0) is 17.7 Å². The van der Waals surface area contributed by atoms with Crippen molar-refractivity contribution in [2.24, 2.45) is 0 Å². The summed E-state index contributed by atoms with van der Waals surface area (Å²) in [5.41, 5.74) is 0.328. The number of carbonyl (C=O) groups excluding carboxylic acids is 1. The molecule has 2 aromatic rings. The molecule has 2 aromatic carbocycles. The van der Waals surface area contributed by atoms with Gasteiger partial charge in [0.25, 0.3) is 0 Å². The van der Waals surface area contributed by atoms with Crippen molar-refractivity contribution in [3.05, 3.63) is 70.0 Å². The number of amides is 1. The first-order valence-electron chi connectivity index (χ1n) is 5.85. The third kappa shape index (κ3) is 3.95. The molecule has 0 aliphatic rings. The average Bonchev–Trinajstić information content (AvgIpc) is 2.44. The van der Waals surface area contributed by atoms with Crippen LogP contribution in [0.25, 0.3) is 6.08 Å². The first-order chi connectivity index (χ1) is 9.97. The van der Waals surface area contributed by atoms with Crippen LogP contribution < -0.4 is 5.32 Å². The molecule has 21 heavy (non-hydrogen) atoms. The SMILES string of the molecule is O=C(C=Cc1ccccc1Br)Nc1cc(F)c(F)cc1F. The summed E-state index contributed by atoms with van der Waals surface area (Å²) in [6.07, 6.45) is 2.68. The molecule has 0 saturated heterocycles. The summed E-state index contributed by atoms with van der Waals surface area (Å²) in [6.45, 7) is 0. The van der Waals surface area contributed by atoms with Gasteiger partial charge in [0.05, 0.1) is 5.69 Å². The predicted octanol–water partition coefficient (Wildman–Crippen LogP) is 4.52. The fourth-order valence-corrected chi connectivity index (χ4v) is 1.99. The molecule has 0 aliphatic carbocycles. The van der Waals surface area contributed by atoms with E-state index in [1.165, 1.54) is 12.2 Å². The van der Waals surface area contributed by atoms with Gasteiger partial charge < -0.3 is 5.32 Å². The Labute approximate surface area is 127 Å². The van der Waals surface area contributed by atoms with E-state index in [4.69, 9.17) is 0 Å². The molecular weight excluding hydrogens is 347 g/mol. The molecule has 108 valence electrons. The van der Waals surface area contributed by atoms with E-state index >= 15 is 0 Å². The molecule has 0 aromatic heterocycles. The zero-order valence-electron chi connectivity index (χ0n) is 10.5. The van der Waals surface area contributed by atoms with Crippen molar-refractivity contribution in [3.63, 3.8) is 0 Å². The Balaban J connectivity index is 2.12. The number of halogens is 4. The minimum Gasteiger partial charge on any atom is -0.320 e. The lowest BCUT2D eigenvalue weighted by Gasteiger charge is -2.04. The fraction of sp³-hybridized carbons (Fsp3) is 0. The Hall–Kier alpha value is -2.08. The van der Waals surface area contributed by atoms with Crippen molar-refractivity contribution in [2.45, 2.75) is 0 Å². The number of hydrogen-bond acceptors (Lipinski definition) is 1. The second-order valence-corrected chi connectivity index (χ2v) is 4.94. The van der Waals surface area contributed by atoms with Crippen molar-refractivity contribution in [1.29, 1.82) is 0 Å². The summed E-state index contributed by atoms with van der Waals surface area (Å²) in [5.74, 6) is -4.25. The number of carbonyl (C=O) groups is 1. The molecule has 0 heterocycles. The summed E-state index contributed by atoms with van der Waals surface area (Å²) in [7, 11) is 0. The quantitative estimate of drug-likeness (QED) is 0.636. The third-order valence-electron chi connectivity index (χ3n) is 2.59. The summed E-state index contributed by atoms with van der Waals surface area (Å²) in [6, 6.07) is 8.14. The van der Waals surface area contributed by atoms with Gasteiger partial charge in [0, 0.05) is 22.7 Å². The first-order valence-corrected chi connectivity index (χ1v) is 6.65. The van der Waals surface area contributed by atoms with Crippen LogP contribution in [-0.4, -0.2) is 5.91 Å². The number of rotatable bonds is 3. The Morgan fingerprint density at radius 3 is 2.43 bits per heavy atom. The van der Waals surface area contributed by atoms with Crippen LogP contribution in [0, 0.1) is 17.5 Å². The number of anilines is 1. The van der Waals surface area contributed by atoms with Crippen LogP contribution in [0.4, 0.5) is 18.9 Å². The van der Waals surface area contributed by atoms with E-state index in [-0.39, 0.29) is 0 Å². The summed E-state index contributed by atoms with van der Waals surface area (Å²) < 4.78 is 39.9. The maximum absolute atomic E-state index is 13.4. The van der Waals surface area contributed by atoms with Crippen LogP contribution in [0.1, 0.15) is 5.56 Å². The monoisotopic (exact) mass is 355 g/mol. The second-order valence-electron chi connectivity index (χ2n) is 4.09. The molecule has 0 radical (unpaired) electrons. The van der Waals surface area contributed by atoms with Crippen molar-refractivity contribution < 1.29 is 18.0 Å². The summed E-state index contributed by atoms with van der Waals surface area (Å²) in [4.78, 5) is 11.6. The molecule has 0 unspecified atom stereocenters. The molecule has 1 N–H and O–H groups in total. The van der Waals surface area contributed by atoms with Crippen LogP contribution in [0.5, 0.6) is 0 Å². The van der Waals surface area contributed by atoms with Gasteiger partial charge >= 0.3 is 0 Å².